The van der Waals surface area contributed by atoms with Crippen molar-refractivity contribution in [3.63, 3.8) is 0 Å². The van der Waals surface area contributed by atoms with E-state index in [0.29, 0.717) is 43.9 Å². The van der Waals surface area contributed by atoms with Crippen LogP contribution in [-0.2, 0) is 16.6 Å². The summed E-state index contributed by atoms with van der Waals surface area (Å²) in [6, 6.07) is 6.36. The second kappa shape index (κ2) is 9.96. The number of sulfonamides is 1. The van der Waals surface area contributed by atoms with Crippen LogP contribution in [0.5, 0.6) is 5.88 Å². The number of anilines is 1. The average Bonchev–Trinajstić information content (AvgIpc) is 3.53. The van der Waals surface area contributed by atoms with E-state index in [2.05, 4.69) is 20.3 Å². The van der Waals surface area contributed by atoms with Crippen molar-refractivity contribution in [2.24, 2.45) is 0 Å². The minimum atomic E-state index is -3.50. The molecule has 1 amide bonds. The SMILES string of the molecule is Nc1ncc(-c2ccc(S(=O)(=O)N3CCCC3)cc2)nc1OC(=O)NCCCn1ccnc1. The first-order valence-corrected chi connectivity index (χ1v) is 12.0. The summed E-state index contributed by atoms with van der Waals surface area (Å²) >= 11 is 0. The minimum Gasteiger partial charge on any atom is -0.387 e. The van der Waals surface area contributed by atoms with Crippen molar-refractivity contribution in [3.8, 4) is 17.1 Å². The first-order valence-electron chi connectivity index (χ1n) is 10.6. The number of carbonyl (C=O) groups excluding carboxylic acids is 1. The monoisotopic (exact) mass is 471 g/mol. The first kappa shape index (κ1) is 22.7. The molecule has 1 aliphatic heterocycles. The van der Waals surface area contributed by atoms with Crippen LogP contribution in [0.4, 0.5) is 10.6 Å². The number of nitrogens with zero attached hydrogens (tertiary/aromatic N) is 5. The molecule has 4 rings (SSSR count). The fourth-order valence-electron chi connectivity index (χ4n) is 3.47. The quantitative estimate of drug-likeness (QED) is 0.474. The van der Waals surface area contributed by atoms with Gasteiger partial charge in [-0.1, -0.05) is 12.1 Å². The van der Waals surface area contributed by atoms with Crippen LogP contribution in [0, 0.1) is 0 Å². The lowest BCUT2D eigenvalue weighted by Gasteiger charge is -2.15. The predicted molar refractivity (Wildman–Crippen MR) is 121 cm³/mol. The molecule has 3 N–H and O–H groups in total. The lowest BCUT2D eigenvalue weighted by Crippen LogP contribution is -2.29. The standard InChI is InChI=1S/C21H25N7O4S/c22-19-20(32-21(29)24-8-3-10-27-13-9-23-15-27)26-18(14-25-19)16-4-6-17(7-5-16)33(30,31)28-11-1-2-12-28/h4-7,9,13-15H,1-3,8,10-12H2,(H2,22,25)(H,24,29). The van der Waals surface area contributed by atoms with E-state index in [4.69, 9.17) is 10.5 Å². The number of aryl methyl sites for hydroxylation is 1. The van der Waals surface area contributed by atoms with Crippen molar-refractivity contribution in [2.45, 2.75) is 30.7 Å². The Bertz CT molecular complexity index is 1190. The Labute approximate surface area is 191 Å². The molecule has 0 unspecified atom stereocenters. The van der Waals surface area contributed by atoms with E-state index in [1.165, 1.54) is 22.6 Å². The van der Waals surface area contributed by atoms with Crippen molar-refractivity contribution >= 4 is 21.9 Å². The van der Waals surface area contributed by atoms with Gasteiger partial charge in [-0.05, 0) is 31.4 Å². The van der Waals surface area contributed by atoms with Gasteiger partial charge in [0.2, 0.25) is 10.0 Å². The number of benzene rings is 1. The molecule has 0 aliphatic carbocycles. The third-order valence-electron chi connectivity index (χ3n) is 5.23. The van der Waals surface area contributed by atoms with Gasteiger partial charge >= 0.3 is 6.09 Å². The second-order valence-corrected chi connectivity index (χ2v) is 9.49. The van der Waals surface area contributed by atoms with Gasteiger partial charge in [-0.25, -0.2) is 28.2 Å². The van der Waals surface area contributed by atoms with Crippen LogP contribution in [0.25, 0.3) is 11.3 Å². The summed E-state index contributed by atoms with van der Waals surface area (Å²) in [4.78, 5) is 24.6. The summed E-state index contributed by atoms with van der Waals surface area (Å²) in [5.74, 6) is -0.145. The summed E-state index contributed by atoms with van der Waals surface area (Å²) < 4.78 is 34.0. The number of rotatable bonds is 8. The van der Waals surface area contributed by atoms with Crippen LogP contribution in [0.15, 0.2) is 54.1 Å². The fraction of sp³-hybridized carbons (Fsp3) is 0.333. The Morgan fingerprint density at radius 2 is 1.94 bits per heavy atom. The maximum absolute atomic E-state index is 12.7. The van der Waals surface area contributed by atoms with Gasteiger partial charge in [0.05, 0.1) is 23.1 Å². The number of aromatic nitrogens is 4. The molecule has 1 fully saturated rings. The number of amides is 1. The van der Waals surface area contributed by atoms with Crippen molar-refractivity contribution < 1.29 is 17.9 Å². The van der Waals surface area contributed by atoms with Gasteiger partial charge in [-0.15, -0.1) is 0 Å². The number of nitrogens with one attached hydrogen (secondary N) is 1. The second-order valence-electron chi connectivity index (χ2n) is 7.55. The van der Waals surface area contributed by atoms with E-state index in [-0.39, 0.29) is 16.6 Å². The molecule has 0 spiro atoms. The molecule has 12 heteroatoms. The van der Waals surface area contributed by atoms with Gasteiger partial charge in [0.25, 0.3) is 5.88 Å². The highest BCUT2D eigenvalue weighted by Crippen LogP contribution is 2.26. The Kier molecular flexibility index (Phi) is 6.84. The van der Waals surface area contributed by atoms with E-state index in [0.717, 1.165) is 12.8 Å². The molecule has 0 saturated carbocycles. The molecule has 1 saturated heterocycles. The average molecular weight is 472 g/mol. The molecule has 33 heavy (non-hydrogen) atoms. The number of nitrogens with two attached hydrogens (primary N) is 1. The highest BCUT2D eigenvalue weighted by Gasteiger charge is 2.27. The van der Waals surface area contributed by atoms with Gasteiger partial charge in [0.1, 0.15) is 0 Å². The van der Waals surface area contributed by atoms with E-state index in [1.54, 1.807) is 24.7 Å². The van der Waals surface area contributed by atoms with Crippen LogP contribution in [0.1, 0.15) is 19.3 Å². The largest absolute Gasteiger partial charge is 0.414 e. The third-order valence-corrected chi connectivity index (χ3v) is 7.14. The molecule has 1 aliphatic rings. The fourth-order valence-corrected chi connectivity index (χ4v) is 4.98. The molecule has 1 aromatic carbocycles. The molecule has 0 atom stereocenters. The zero-order valence-electron chi connectivity index (χ0n) is 17.9. The van der Waals surface area contributed by atoms with Crippen molar-refractivity contribution in [1.29, 1.82) is 0 Å². The summed E-state index contributed by atoms with van der Waals surface area (Å²) in [7, 11) is -3.50. The van der Waals surface area contributed by atoms with E-state index in [9.17, 15) is 13.2 Å². The Balaban J connectivity index is 1.38. The van der Waals surface area contributed by atoms with Gasteiger partial charge in [-0.3, -0.25) is 0 Å². The van der Waals surface area contributed by atoms with Gasteiger partial charge < -0.3 is 20.4 Å². The first-order chi connectivity index (χ1) is 15.9. The van der Waals surface area contributed by atoms with Gasteiger partial charge in [0.15, 0.2) is 5.82 Å². The van der Waals surface area contributed by atoms with Crippen molar-refractivity contribution in [1.82, 2.24) is 29.1 Å². The lowest BCUT2D eigenvalue weighted by atomic mass is 10.2. The minimum absolute atomic E-state index is 0.0273. The van der Waals surface area contributed by atoms with E-state index < -0.39 is 16.1 Å². The normalized spacial score (nSPS) is 14.3. The van der Waals surface area contributed by atoms with Crippen LogP contribution in [0.3, 0.4) is 0 Å². The zero-order chi connectivity index (χ0) is 23.3. The van der Waals surface area contributed by atoms with Crippen LogP contribution in [-0.4, -0.2) is 58.0 Å². The highest BCUT2D eigenvalue weighted by atomic mass is 32.2. The molecular weight excluding hydrogens is 446 g/mol. The number of nitrogen functional groups attached to an aromatic ring is 1. The Hall–Kier alpha value is -3.51. The van der Waals surface area contributed by atoms with Crippen molar-refractivity contribution in [3.05, 3.63) is 49.2 Å². The van der Waals surface area contributed by atoms with Crippen molar-refractivity contribution in [2.75, 3.05) is 25.4 Å². The Morgan fingerprint density at radius 3 is 2.64 bits per heavy atom. The lowest BCUT2D eigenvalue weighted by molar-refractivity contribution is 0.198. The molecule has 11 nitrogen and oxygen atoms in total. The molecule has 174 valence electrons. The number of hydrogen-bond acceptors (Lipinski definition) is 8. The maximum atomic E-state index is 12.7. The number of ether oxygens (including phenoxy) is 1. The molecule has 0 radical (unpaired) electrons. The maximum Gasteiger partial charge on any atom is 0.414 e. The van der Waals surface area contributed by atoms with Crippen LogP contribution < -0.4 is 15.8 Å². The predicted octanol–water partition coefficient (Wildman–Crippen LogP) is 1.89. The summed E-state index contributed by atoms with van der Waals surface area (Å²) in [6.07, 6.45) is 8.43. The smallest absolute Gasteiger partial charge is 0.387 e. The van der Waals surface area contributed by atoms with Gasteiger partial charge in [0, 0.05) is 44.1 Å². The topological polar surface area (TPSA) is 145 Å². The molecule has 0 bridgehead atoms. The highest BCUT2D eigenvalue weighted by molar-refractivity contribution is 7.89. The Morgan fingerprint density at radius 1 is 1.18 bits per heavy atom. The summed E-state index contributed by atoms with van der Waals surface area (Å²) in [6.45, 7) is 2.19. The molecule has 3 aromatic rings. The molecular formula is C21H25N7O4S. The molecule has 2 aromatic heterocycles. The number of imidazole rings is 1. The number of hydrogen-bond donors (Lipinski definition) is 2. The summed E-state index contributed by atoms with van der Waals surface area (Å²) in [5.41, 5.74) is 6.83. The zero-order valence-corrected chi connectivity index (χ0v) is 18.7. The van der Waals surface area contributed by atoms with Crippen LogP contribution in [0.2, 0.25) is 0 Å². The summed E-state index contributed by atoms with van der Waals surface area (Å²) in [5, 5.41) is 2.64. The third kappa shape index (κ3) is 5.46. The van der Waals surface area contributed by atoms with Gasteiger partial charge in [-0.2, -0.15) is 4.31 Å². The van der Waals surface area contributed by atoms with E-state index >= 15 is 0 Å². The van der Waals surface area contributed by atoms with Crippen LogP contribution >= 0.6 is 0 Å². The number of carbonyl (C=O) groups is 1. The van der Waals surface area contributed by atoms with E-state index in [1.807, 2.05) is 10.8 Å². The molecule has 3 heterocycles.